The van der Waals surface area contributed by atoms with Crippen molar-refractivity contribution in [2.24, 2.45) is 0 Å². The summed E-state index contributed by atoms with van der Waals surface area (Å²) in [7, 11) is 0. The summed E-state index contributed by atoms with van der Waals surface area (Å²) in [4.78, 5) is 21.1. The molecule has 0 saturated carbocycles. The highest BCUT2D eigenvalue weighted by atomic mass is 35.5. The monoisotopic (exact) mass is 286 g/mol. The smallest absolute Gasteiger partial charge is 0.312 e. The fourth-order valence-corrected chi connectivity index (χ4v) is 2.03. The largest absolute Gasteiger partial charge is 0.481 e. The molecule has 19 heavy (non-hydrogen) atoms. The number of benzene rings is 1. The van der Waals surface area contributed by atoms with Crippen molar-refractivity contribution >= 4 is 23.3 Å². The zero-order valence-electron chi connectivity index (χ0n) is 9.76. The minimum absolute atomic E-state index is 0.0251. The molecule has 0 unspecified atom stereocenters. The van der Waals surface area contributed by atoms with Crippen LogP contribution in [-0.2, 0) is 4.79 Å². The van der Waals surface area contributed by atoms with E-state index < -0.39 is 16.5 Å². The van der Waals surface area contributed by atoms with Crippen LogP contribution in [0, 0.1) is 10.1 Å². The molecule has 8 heteroatoms. The van der Waals surface area contributed by atoms with Gasteiger partial charge in [-0.15, -0.1) is 0 Å². The Morgan fingerprint density at radius 3 is 2.74 bits per heavy atom. The topological polar surface area (TPSA) is 102 Å². The van der Waals surface area contributed by atoms with Crippen molar-refractivity contribution in [1.29, 1.82) is 0 Å². The second-order valence-corrected chi connectivity index (χ2v) is 4.76. The summed E-state index contributed by atoms with van der Waals surface area (Å²) < 4.78 is 5.55. The van der Waals surface area contributed by atoms with Gasteiger partial charge in [-0.1, -0.05) is 11.6 Å². The summed E-state index contributed by atoms with van der Waals surface area (Å²) in [5.74, 6) is -0.990. The Morgan fingerprint density at radius 1 is 1.58 bits per heavy atom. The van der Waals surface area contributed by atoms with Crippen LogP contribution in [0.2, 0.25) is 5.02 Å². The number of hydrogen-bond donors (Lipinski definition) is 2. The summed E-state index contributed by atoms with van der Waals surface area (Å²) >= 11 is 5.70. The number of carboxylic acid groups (broad SMARTS) is 1. The van der Waals surface area contributed by atoms with Gasteiger partial charge in [0.25, 0.3) is 0 Å². The van der Waals surface area contributed by atoms with Gasteiger partial charge in [-0.2, -0.15) is 0 Å². The first kappa shape index (κ1) is 13.6. The maximum Gasteiger partial charge on any atom is 0.312 e. The number of rotatable bonds is 5. The molecule has 0 aromatic heterocycles. The fraction of sp³-hybridized carbons (Fsp3) is 0.364. The number of carbonyl (C=O) groups is 1. The minimum Gasteiger partial charge on any atom is -0.481 e. The molecular weight excluding hydrogens is 276 g/mol. The van der Waals surface area contributed by atoms with Crippen LogP contribution in [-0.4, -0.2) is 34.7 Å². The van der Waals surface area contributed by atoms with Crippen LogP contribution in [0.4, 0.5) is 5.69 Å². The van der Waals surface area contributed by atoms with E-state index in [2.05, 4.69) is 5.32 Å². The normalized spacial score (nSPS) is 16.5. The molecule has 0 radical (unpaired) electrons. The molecule has 1 aromatic rings. The molecule has 7 nitrogen and oxygen atoms in total. The SMILES string of the molecule is O=C(O)CC1(Oc2ccc(Cl)cc2[N+](=O)[O-])CNC1. The Bertz CT molecular complexity index is 530. The van der Waals surface area contributed by atoms with E-state index in [4.69, 9.17) is 21.4 Å². The lowest BCUT2D eigenvalue weighted by Crippen LogP contribution is -2.64. The third kappa shape index (κ3) is 2.94. The van der Waals surface area contributed by atoms with Gasteiger partial charge < -0.3 is 15.2 Å². The van der Waals surface area contributed by atoms with E-state index in [9.17, 15) is 14.9 Å². The molecule has 0 bridgehead atoms. The Morgan fingerprint density at radius 2 is 2.26 bits per heavy atom. The van der Waals surface area contributed by atoms with Crippen LogP contribution in [0.25, 0.3) is 0 Å². The van der Waals surface area contributed by atoms with Gasteiger partial charge in [-0.25, -0.2) is 0 Å². The van der Waals surface area contributed by atoms with E-state index in [1.165, 1.54) is 18.2 Å². The van der Waals surface area contributed by atoms with Crippen molar-refractivity contribution in [2.45, 2.75) is 12.0 Å². The molecule has 1 saturated heterocycles. The van der Waals surface area contributed by atoms with E-state index in [1.807, 2.05) is 0 Å². The number of nitrogens with zero attached hydrogens (tertiary/aromatic N) is 1. The Balaban J connectivity index is 2.27. The second kappa shape index (κ2) is 5.02. The zero-order valence-corrected chi connectivity index (χ0v) is 10.5. The first-order valence-electron chi connectivity index (χ1n) is 5.47. The van der Waals surface area contributed by atoms with Crippen molar-refractivity contribution < 1.29 is 19.6 Å². The average Bonchev–Trinajstić information content (AvgIpc) is 2.27. The number of carboxylic acids is 1. The fourth-order valence-electron chi connectivity index (χ4n) is 1.87. The van der Waals surface area contributed by atoms with Crippen LogP contribution in [0.3, 0.4) is 0 Å². The Kier molecular flexibility index (Phi) is 3.59. The van der Waals surface area contributed by atoms with Gasteiger partial charge in [0, 0.05) is 24.2 Å². The Labute approximate surface area is 113 Å². The van der Waals surface area contributed by atoms with Crippen molar-refractivity contribution in [3.63, 3.8) is 0 Å². The molecule has 0 spiro atoms. The number of nitro benzene ring substituents is 1. The summed E-state index contributed by atoms with van der Waals surface area (Å²) in [5, 5.41) is 22.9. The molecular formula is C11H11ClN2O5. The number of nitro groups is 1. The number of nitrogens with one attached hydrogen (secondary N) is 1. The van der Waals surface area contributed by atoms with Crippen molar-refractivity contribution in [3.8, 4) is 5.75 Å². The molecule has 2 N–H and O–H groups in total. The van der Waals surface area contributed by atoms with Crippen LogP contribution in [0.15, 0.2) is 18.2 Å². The van der Waals surface area contributed by atoms with E-state index in [0.717, 1.165) is 0 Å². The third-order valence-corrected chi connectivity index (χ3v) is 3.05. The highest BCUT2D eigenvalue weighted by Crippen LogP contribution is 2.34. The van der Waals surface area contributed by atoms with Gasteiger partial charge in [0.1, 0.15) is 5.60 Å². The van der Waals surface area contributed by atoms with Gasteiger partial charge in [-0.05, 0) is 12.1 Å². The summed E-state index contributed by atoms with van der Waals surface area (Å²) in [5.41, 5.74) is -1.21. The predicted octanol–water partition coefficient (Wildman–Crippen LogP) is 1.44. The molecule has 0 amide bonds. The molecule has 1 aliphatic rings. The number of hydrogen-bond acceptors (Lipinski definition) is 5. The number of aliphatic carboxylic acids is 1. The van der Waals surface area contributed by atoms with Gasteiger partial charge in [-0.3, -0.25) is 14.9 Å². The minimum atomic E-state index is -1.02. The van der Waals surface area contributed by atoms with E-state index in [1.54, 1.807) is 0 Å². The molecule has 102 valence electrons. The summed E-state index contributed by atoms with van der Waals surface area (Å²) in [6.07, 6.45) is -0.222. The first-order chi connectivity index (χ1) is 8.92. The van der Waals surface area contributed by atoms with Gasteiger partial charge >= 0.3 is 11.7 Å². The molecule has 0 aliphatic carbocycles. The summed E-state index contributed by atoms with van der Waals surface area (Å²) in [6, 6.07) is 4.02. The molecule has 1 heterocycles. The number of halogens is 1. The van der Waals surface area contributed by atoms with Gasteiger partial charge in [0.2, 0.25) is 0 Å². The Hall–Kier alpha value is -1.86. The van der Waals surface area contributed by atoms with Crippen LogP contribution in [0.5, 0.6) is 5.75 Å². The molecule has 1 fully saturated rings. The van der Waals surface area contributed by atoms with Crippen molar-refractivity contribution in [3.05, 3.63) is 33.3 Å². The maximum absolute atomic E-state index is 10.9. The lowest BCUT2D eigenvalue weighted by molar-refractivity contribution is -0.386. The second-order valence-electron chi connectivity index (χ2n) is 4.33. The third-order valence-electron chi connectivity index (χ3n) is 2.81. The molecule has 1 aliphatic heterocycles. The van der Waals surface area contributed by atoms with Crippen LogP contribution >= 0.6 is 11.6 Å². The van der Waals surface area contributed by atoms with E-state index in [0.29, 0.717) is 13.1 Å². The predicted molar refractivity (Wildman–Crippen MR) is 66.6 cm³/mol. The molecule has 2 rings (SSSR count). The van der Waals surface area contributed by atoms with E-state index >= 15 is 0 Å². The lowest BCUT2D eigenvalue weighted by atomic mass is 9.92. The lowest BCUT2D eigenvalue weighted by Gasteiger charge is -2.41. The molecule has 0 atom stereocenters. The van der Waals surface area contributed by atoms with Gasteiger partial charge in [0.05, 0.1) is 11.3 Å². The van der Waals surface area contributed by atoms with Crippen molar-refractivity contribution in [1.82, 2.24) is 5.32 Å². The first-order valence-corrected chi connectivity index (χ1v) is 5.85. The van der Waals surface area contributed by atoms with Crippen molar-refractivity contribution in [2.75, 3.05) is 13.1 Å². The highest BCUT2D eigenvalue weighted by Gasteiger charge is 2.42. The summed E-state index contributed by atoms with van der Waals surface area (Å²) in [6.45, 7) is 0.665. The van der Waals surface area contributed by atoms with Crippen LogP contribution in [0.1, 0.15) is 6.42 Å². The van der Waals surface area contributed by atoms with Gasteiger partial charge in [0.15, 0.2) is 5.75 Å². The number of ether oxygens (including phenoxy) is 1. The van der Waals surface area contributed by atoms with Crippen LogP contribution < -0.4 is 10.1 Å². The molecule has 1 aromatic carbocycles. The van der Waals surface area contributed by atoms with E-state index in [-0.39, 0.29) is 22.9 Å². The average molecular weight is 287 g/mol. The quantitative estimate of drug-likeness (QED) is 0.627. The maximum atomic E-state index is 10.9. The zero-order chi connectivity index (χ0) is 14.0. The standard InChI is InChI=1S/C11H11ClN2O5/c12-7-1-2-9(8(3-7)14(17)18)19-11(4-10(15)16)5-13-6-11/h1-3,13H,4-6H2,(H,15,16). The highest BCUT2D eigenvalue weighted by molar-refractivity contribution is 6.30.